The molecule has 5 aromatic rings. The highest BCUT2D eigenvalue weighted by Crippen LogP contribution is 2.36. The molecule has 0 saturated carbocycles. The number of fused-ring (bicyclic) bond motifs is 1. The number of hydrogen-bond donors (Lipinski definition) is 3. The summed E-state index contributed by atoms with van der Waals surface area (Å²) in [6, 6.07) is 18.9. The maximum Gasteiger partial charge on any atom is 0.229 e. The average molecular weight is 496 g/mol. The van der Waals surface area contributed by atoms with Crippen LogP contribution < -0.4 is 25.4 Å². The van der Waals surface area contributed by atoms with Crippen molar-refractivity contribution in [2.75, 3.05) is 30.2 Å². The van der Waals surface area contributed by atoms with E-state index in [1.54, 1.807) is 26.7 Å². The van der Waals surface area contributed by atoms with E-state index in [2.05, 4.69) is 20.9 Å². The number of carbonyl (C=O) groups excluding carboxylic acids is 1. The van der Waals surface area contributed by atoms with E-state index >= 15 is 0 Å². The summed E-state index contributed by atoms with van der Waals surface area (Å²) in [6.45, 7) is 1.47. The van der Waals surface area contributed by atoms with Crippen LogP contribution in [0.1, 0.15) is 6.92 Å². The van der Waals surface area contributed by atoms with E-state index in [0.717, 1.165) is 22.4 Å². The molecule has 0 atom stereocenters. The third-order valence-electron chi connectivity index (χ3n) is 5.60. The summed E-state index contributed by atoms with van der Waals surface area (Å²) in [5.41, 5.74) is 3.99. The second-order valence-electron chi connectivity index (χ2n) is 8.15. The summed E-state index contributed by atoms with van der Waals surface area (Å²) < 4.78 is 12.9. The predicted octanol–water partition coefficient (Wildman–Crippen LogP) is 5.28. The number of amides is 1. The molecule has 10 nitrogen and oxygen atoms in total. The van der Waals surface area contributed by atoms with Gasteiger partial charge in [-0.25, -0.2) is 9.97 Å². The lowest BCUT2D eigenvalue weighted by molar-refractivity contribution is -0.114. The minimum absolute atomic E-state index is 0.127. The number of imidazole rings is 1. The van der Waals surface area contributed by atoms with Crippen LogP contribution in [-0.2, 0) is 4.79 Å². The molecule has 186 valence electrons. The Balaban J connectivity index is 1.50. The molecule has 0 aliphatic heterocycles. The van der Waals surface area contributed by atoms with Crippen LogP contribution in [0.25, 0.3) is 16.6 Å². The fourth-order valence-corrected chi connectivity index (χ4v) is 3.84. The normalized spacial score (nSPS) is 10.7. The standard InChI is InChI=1S/C27H25N7O3/c1-17(35)29-18-4-6-19(7-5-18)30-26-22-14-24(36-2)25(37-3)15-23(22)32-27(33-26)31-20-8-10-21(11-9-20)34-13-12-28-16-34/h4-16H,1-3H3,(H,29,35)(H2,30,31,32,33). The molecule has 0 bridgehead atoms. The molecule has 3 aromatic carbocycles. The van der Waals surface area contributed by atoms with Crippen molar-refractivity contribution in [2.45, 2.75) is 6.92 Å². The van der Waals surface area contributed by atoms with Gasteiger partial charge in [-0.1, -0.05) is 0 Å². The highest BCUT2D eigenvalue weighted by atomic mass is 16.5. The average Bonchev–Trinajstić information content (AvgIpc) is 3.44. The zero-order chi connectivity index (χ0) is 25.8. The van der Waals surface area contributed by atoms with Gasteiger partial charge in [-0.15, -0.1) is 0 Å². The van der Waals surface area contributed by atoms with Crippen LogP contribution in [0.4, 0.5) is 28.8 Å². The van der Waals surface area contributed by atoms with Crippen molar-refractivity contribution in [3.63, 3.8) is 0 Å². The Labute approximate surface area is 213 Å². The molecule has 0 spiro atoms. The first-order valence-electron chi connectivity index (χ1n) is 11.5. The van der Waals surface area contributed by atoms with E-state index in [4.69, 9.17) is 19.4 Å². The lowest BCUT2D eigenvalue weighted by Gasteiger charge is -2.15. The van der Waals surface area contributed by atoms with Crippen molar-refractivity contribution in [3.8, 4) is 17.2 Å². The molecule has 0 radical (unpaired) electrons. The highest BCUT2D eigenvalue weighted by Gasteiger charge is 2.14. The van der Waals surface area contributed by atoms with Crippen LogP contribution in [0.3, 0.4) is 0 Å². The Morgan fingerprint density at radius 3 is 2.14 bits per heavy atom. The molecule has 1 amide bonds. The number of ether oxygens (including phenoxy) is 2. The molecule has 2 heterocycles. The first-order valence-corrected chi connectivity index (χ1v) is 11.5. The van der Waals surface area contributed by atoms with E-state index in [1.165, 1.54) is 6.92 Å². The van der Waals surface area contributed by atoms with Gasteiger partial charge < -0.3 is 30.0 Å². The first-order chi connectivity index (χ1) is 18.0. The summed E-state index contributed by atoms with van der Waals surface area (Å²) in [4.78, 5) is 24.9. The van der Waals surface area contributed by atoms with Crippen molar-refractivity contribution >= 4 is 45.6 Å². The third kappa shape index (κ3) is 5.27. The molecule has 0 aliphatic rings. The Morgan fingerprint density at radius 1 is 0.838 bits per heavy atom. The van der Waals surface area contributed by atoms with Crippen molar-refractivity contribution in [1.82, 2.24) is 19.5 Å². The second-order valence-corrected chi connectivity index (χ2v) is 8.15. The van der Waals surface area contributed by atoms with Crippen molar-refractivity contribution in [3.05, 3.63) is 79.4 Å². The number of carbonyl (C=O) groups is 1. The molecule has 0 unspecified atom stereocenters. The largest absolute Gasteiger partial charge is 0.493 e. The fraction of sp³-hybridized carbons (Fsp3) is 0.111. The number of anilines is 5. The maximum atomic E-state index is 11.3. The predicted molar refractivity (Wildman–Crippen MR) is 144 cm³/mol. The SMILES string of the molecule is COc1cc2nc(Nc3ccc(-n4ccnc4)cc3)nc(Nc3ccc(NC(C)=O)cc3)c2cc1OC. The van der Waals surface area contributed by atoms with Crippen molar-refractivity contribution in [2.24, 2.45) is 0 Å². The number of methoxy groups -OCH3 is 2. The molecule has 0 aliphatic carbocycles. The Kier molecular flexibility index (Phi) is 6.54. The molecule has 0 fully saturated rings. The van der Waals surface area contributed by atoms with Crippen LogP contribution in [0.2, 0.25) is 0 Å². The summed E-state index contributed by atoms with van der Waals surface area (Å²) in [6.07, 6.45) is 5.37. The molecule has 37 heavy (non-hydrogen) atoms. The number of nitrogens with zero attached hydrogens (tertiary/aromatic N) is 4. The van der Waals surface area contributed by atoms with E-state index in [1.807, 2.05) is 71.4 Å². The monoisotopic (exact) mass is 495 g/mol. The van der Waals surface area contributed by atoms with Crippen LogP contribution >= 0.6 is 0 Å². The minimum atomic E-state index is -0.127. The minimum Gasteiger partial charge on any atom is -0.493 e. The smallest absolute Gasteiger partial charge is 0.229 e. The summed E-state index contributed by atoms with van der Waals surface area (Å²) in [5.74, 6) is 1.99. The van der Waals surface area contributed by atoms with E-state index in [0.29, 0.717) is 34.5 Å². The number of aromatic nitrogens is 4. The molecule has 3 N–H and O–H groups in total. The lowest BCUT2D eigenvalue weighted by atomic mass is 10.2. The third-order valence-corrected chi connectivity index (χ3v) is 5.60. The molecule has 0 saturated heterocycles. The Bertz CT molecular complexity index is 1530. The molecule has 2 aromatic heterocycles. The zero-order valence-electron chi connectivity index (χ0n) is 20.5. The van der Waals surface area contributed by atoms with Gasteiger partial charge in [-0.05, 0) is 54.6 Å². The fourth-order valence-electron chi connectivity index (χ4n) is 3.84. The second kappa shape index (κ2) is 10.2. The van der Waals surface area contributed by atoms with Gasteiger partial charge >= 0.3 is 0 Å². The maximum absolute atomic E-state index is 11.3. The number of nitrogens with one attached hydrogen (secondary N) is 3. The van der Waals surface area contributed by atoms with Gasteiger partial charge in [0, 0.05) is 53.5 Å². The van der Waals surface area contributed by atoms with Crippen molar-refractivity contribution in [1.29, 1.82) is 0 Å². The van der Waals surface area contributed by atoms with Gasteiger partial charge in [0.25, 0.3) is 0 Å². The van der Waals surface area contributed by atoms with Gasteiger partial charge in [0.05, 0.1) is 26.1 Å². The van der Waals surface area contributed by atoms with Crippen LogP contribution in [0.5, 0.6) is 11.5 Å². The van der Waals surface area contributed by atoms with Gasteiger partial charge in [0.1, 0.15) is 5.82 Å². The van der Waals surface area contributed by atoms with Crippen molar-refractivity contribution < 1.29 is 14.3 Å². The van der Waals surface area contributed by atoms with E-state index in [9.17, 15) is 4.79 Å². The van der Waals surface area contributed by atoms with Crippen LogP contribution in [-0.4, -0.2) is 39.6 Å². The van der Waals surface area contributed by atoms with Gasteiger partial charge in [-0.2, -0.15) is 4.98 Å². The van der Waals surface area contributed by atoms with Crippen LogP contribution in [0, 0.1) is 0 Å². The summed E-state index contributed by atoms with van der Waals surface area (Å²) in [7, 11) is 3.17. The zero-order valence-corrected chi connectivity index (χ0v) is 20.5. The molecule has 5 rings (SSSR count). The van der Waals surface area contributed by atoms with Crippen LogP contribution in [0.15, 0.2) is 79.4 Å². The topological polar surface area (TPSA) is 115 Å². The van der Waals surface area contributed by atoms with Gasteiger partial charge in [0.15, 0.2) is 11.5 Å². The van der Waals surface area contributed by atoms with E-state index < -0.39 is 0 Å². The van der Waals surface area contributed by atoms with E-state index in [-0.39, 0.29) is 5.91 Å². The highest BCUT2D eigenvalue weighted by molar-refractivity contribution is 5.94. The lowest BCUT2D eigenvalue weighted by Crippen LogP contribution is -2.06. The quantitative estimate of drug-likeness (QED) is 0.266. The molecular weight excluding hydrogens is 470 g/mol. The number of hydrogen-bond acceptors (Lipinski definition) is 8. The number of rotatable bonds is 8. The molecular formula is C27H25N7O3. The van der Waals surface area contributed by atoms with Gasteiger partial charge in [0.2, 0.25) is 11.9 Å². The van der Waals surface area contributed by atoms with Gasteiger partial charge in [-0.3, -0.25) is 4.79 Å². The number of benzene rings is 3. The summed E-state index contributed by atoms with van der Waals surface area (Å²) >= 11 is 0. The molecule has 10 heteroatoms. The Hall–Kier alpha value is -5.12. The summed E-state index contributed by atoms with van der Waals surface area (Å²) in [5, 5.41) is 10.2. The Morgan fingerprint density at radius 2 is 1.49 bits per heavy atom. The first kappa shape index (κ1) is 23.6.